The molecule has 310 valence electrons. The highest BCUT2D eigenvalue weighted by atomic mass is 15.2. The average Bonchev–Trinajstić information content (AvgIpc) is 3.67. The molecule has 0 amide bonds. The molecule has 0 saturated heterocycles. The SMILES string of the molecule is CC1(C)c2ccccc2-c2cc3c(cc21)N(c1c2ccccc2c(N2c4ccccc4C(C)(C)c4cc5c(cc42)C(C)(C)c2ccccc2-5)c2ccccc12)c1ccccc1C3(C)C. The normalized spacial score (nSPS) is 17.2. The lowest BCUT2D eigenvalue weighted by molar-refractivity contribution is 0.627. The number of rotatable bonds is 2. The number of nitrogens with zero attached hydrogens (tertiary/aromatic N) is 2. The number of benzene rings is 9. The van der Waals surface area contributed by atoms with Crippen molar-refractivity contribution in [3.63, 3.8) is 0 Å². The molecule has 2 aliphatic heterocycles. The lowest BCUT2D eigenvalue weighted by Crippen LogP contribution is -2.32. The molecule has 9 aromatic rings. The van der Waals surface area contributed by atoms with Crippen LogP contribution < -0.4 is 9.80 Å². The van der Waals surface area contributed by atoms with Gasteiger partial charge in [-0.1, -0.05) is 189 Å². The highest BCUT2D eigenvalue weighted by Gasteiger charge is 2.45. The molecule has 2 nitrogen and oxygen atoms in total. The minimum absolute atomic E-state index is 0.138. The number of anilines is 6. The van der Waals surface area contributed by atoms with E-state index >= 15 is 0 Å². The van der Waals surface area contributed by atoms with E-state index in [1.165, 1.54) is 122 Å². The first-order chi connectivity index (χ1) is 30.8. The fourth-order valence-electron chi connectivity index (χ4n) is 12.8. The predicted octanol–water partition coefficient (Wildman–Crippen LogP) is 16.8. The van der Waals surface area contributed by atoms with E-state index < -0.39 is 0 Å². The van der Waals surface area contributed by atoms with Crippen LogP contribution in [0.5, 0.6) is 0 Å². The molecule has 64 heavy (non-hydrogen) atoms. The monoisotopic (exact) mass is 824 g/mol. The fraction of sp³-hybridized carbons (Fsp3) is 0.194. The van der Waals surface area contributed by atoms with Gasteiger partial charge in [-0.3, -0.25) is 0 Å². The maximum atomic E-state index is 2.64. The Morgan fingerprint density at radius 2 is 0.547 bits per heavy atom. The van der Waals surface area contributed by atoms with Crippen molar-refractivity contribution in [2.45, 2.75) is 77.0 Å². The van der Waals surface area contributed by atoms with Crippen LogP contribution in [0.15, 0.2) is 170 Å². The molecule has 0 radical (unpaired) electrons. The minimum atomic E-state index is -0.230. The molecule has 4 aliphatic rings. The Balaban J connectivity index is 1.13. The van der Waals surface area contributed by atoms with E-state index in [4.69, 9.17) is 0 Å². The second-order valence-electron chi connectivity index (χ2n) is 20.9. The molecule has 0 fully saturated rings. The molecular weight excluding hydrogens is 773 g/mol. The Bertz CT molecular complexity index is 3230. The molecule has 13 rings (SSSR count). The maximum Gasteiger partial charge on any atom is 0.0620 e. The van der Waals surface area contributed by atoms with Crippen LogP contribution >= 0.6 is 0 Å². The standard InChI is InChI=1S/C62H52N2/c1-59(2)45-27-15-13-21-37(45)43-33-51-55(35-49(43)59)63(53-31-19-17-29-47(53)61(51,5)6)57-39-23-9-11-25-41(39)58(42-26-12-10-24-40(42)57)64-54-32-20-18-30-48(54)62(7,8)52-34-44-38-22-14-16-28-46(38)60(3,4)50(44)36-56(52)64/h9-36H,1-8H3. The second-order valence-corrected chi connectivity index (χ2v) is 20.9. The Hall–Kier alpha value is -6.90. The summed E-state index contributed by atoms with van der Waals surface area (Å²) in [6.07, 6.45) is 0. The summed E-state index contributed by atoms with van der Waals surface area (Å²) in [6, 6.07) is 65.0. The van der Waals surface area contributed by atoms with Gasteiger partial charge in [0.1, 0.15) is 0 Å². The molecule has 0 bridgehead atoms. The van der Waals surface area contributed by atoms with E-state index in [-0.39, 0.29) is 21.7 Å². The van der Waals surface area contributed by atoms with Gasteiger partial charge < -0.3 is 9.80 Å². The predicted molar refractivity (Wildman–Crippen MR) is 270 cm³/mol. The summed E-state index contributed by atoms with van der Waals surface area (Å²) in [4.78, 5) is 5.27. The first kappa shape index (κ1) is 37.6. The molecule has 0 atom stereocenters. The van der Waals surface area contributed by atoms with Gasteiger partial charge in [0.05, 0.1) is 34.1 Å². The first-order valence-corrected chi connectivity index (χ1v) is 23.1. The van der Waals surface area contributed by atoms with Crippen LogP contribution in [0, 0.1) is 0 Å². The molecule has 0 unspecified atom stereocenters. The van der Waals surface area contributed by atoms with Crippen molar-refractivity contribution in [2.24, 2.45) is 0 Å². The minimum Gasteiger partial charge on any atom is -0.309 e. The Kier molecular flexibility index (Phi) is 7.30. The molecule has 2 heterocycles. The van der Waals surface area contributed by atoms with Crippen molar-refractivity contribution >= 4 is 55.7 Å². The molecule has 0 saturated carbocycles. The van der Waals surface area contributed by atoms with E-state index in [0.717, 1.165) is 0 Å². The molecule has 2 aliphatic carbocycles. The first-order valence-electron chi connectivity index (χ1n) is 23.1. The van der Waals surface area contributed by atoms with Crippen molar-refractivity contribution in [1.29, 1.82) is 0 Å². The van der Waals surface area contributed by atoms with Gasteiger partial charge in [0.15, 0.2) is 0 Å². The topological polar surface area (TPSA) is 6.48 Å². The summed E-state index contributed by atoms with van der Waals surface area (Å²) in [5.74, 6) is 0. The van der Waals surface area contributed by atoms with Gasteiger partial charge in [0.2, 0.25) is 0 Å². The van der Waals surface area contributed by atoms with Gasteiger partial charge >= 0.3 is 0 Å². The lowest BCUT2D eigenvalue weighted by atomic mass is 9.71. The molecule has 0 aromatic heterocycles. The van der Waals surface area contributed by atoms with E-state index in [9.17, 15) is 0 Å². The van der Waals surface area contributed by atoms with Crippen LogP contribution in [0.4, 0.5) is 34.1 Å². The van der Waals surface area contributed by atoms with Crippen LogP contribution in [-0.4, -0.2) is 0 Å². The highest BCUT2D eigenvalue weighted by Crippen LogP contribution is 2.62. The number of hydrogen-bond acceptors (Lipinski definition) is 2. The van der Waals surface area contributed by atoms with Gasteiger partial charge in [-0.25, -0.2) is 0 Å². The lowest BCUT2D eigenvalue weighted by Gasteiger charge is -2.45. The zero-order valence-electron chi connectivity index (χ0n) is 38.1. The van der Waals surface area contributed by atoms with Crippen LogP contribution in [0.25, 0.3) is 43.8 Å². The number of hydrogen-bond donors (Lipinski definition) is 0. The van der Waals surface area contributed by atoms with Crippen LogP contribution in [0.3, 0.4) is 0 Å². The third-order valence-electron chi connectivity index (χ3n) is 16.2. The van der Waals surface area contributed by atoms with Crippen molar-refractivity contribution in [3.8, 4) is 22.3 Å². The second kappa shape index (κ2) is 12.4. The third-order valence-corrected chi connectivity index (χ3v) is 16.2. The summed E-state index contributed by atoms with van der Waals surface area (Å²) in [7, 11) is 0. The quantitative estimate of drug-likeness (QED) is 0.160. The summed E-state index contributed by atoms with van der Waals surface area (Å²) in [5.41, 5.74) is 23.1. The molecule has 0 N–H and O–H groups in total. The fourth-order valence-corrected chi connectivity index (χ4v) is 12.8. The summed E-state index contributed by atoms with van der Waals surface area (Å²) < 4.78 is 0. The Morgan fingerprint density at radius 1 is 0.250 bits per heavy atom. The van der Waals surface area contributed by atoms with Crippen molar-refractivity contribution < 1.29 is 0 Å². The molecule has 0 spiro atoms. The van der Waals surface area contributed by atoms with Gasteiger partial charge in [0, 0.05) is 43.2 Å². The van der Waals surface area contributed by atoms with E-state index in [1.54, 1.807) is 0 Å². The van der Waals surface area contributed by atoms with E-state index in [0.29, 0.717) is 0 Å². The van der Waals surface area contributed by atoms with E-state index in [1.807, 2.05) is 0 Å². The zero-order valence-corrected chi connectivity index (χ0v) is 38.1. The Morgan fingerprint density at radius 3 is 0.922 bits per heavy atom. The smallest absolute Gasteiger partial charge is 0.0620 e. The van der Waals surface area contributed by atoms with Gasteiger partial charge in [-0.2, -0.15) is 0 Å². The highest BCUT2D eigenvalue weighted by molar-refractivity contribution is 6.24. The van der Waals surface area contributed by atoms with Crippen molar-refractivity contribution in [3.05, 3.63) is 214 Å². The molecule has 9 aromatic carbocycles. The Labute approximate surface area is 377 Å². The van der Waals surface area contributed by atoms with Crippen LogP contribution in [0.2, 0.25) is 0 Å². The zero-order chi connectivity index (χ0) is 43.7. The molecular formula is C62H52N2. The van der Waals surface area contributed by atoms with Crippen LogP contribution in [0.1, 0.15) is 99.9 Å². The largest absolute Gasteiger partial charge is 0.309 e. The molecule has 2 heteroatoms. The van der Waals surface area contributed by atoms with Crippen molar-refractivity contribution in [1.82, 2.24) is 0 Å². The maximum absolute atomic E-state index is 2.64. The summed E-state index contributed by atoms with van der Waals surface area (Å²) in [5, 5.41) is 4.94. The average molecular weight is 825 g/mol. The van der Waals surface area contributed by atoms with Crippen molar-refractivity contribution in [2.75, 3.05) is 9.80 Å². The third kappa shape index (κ3) is 4.61. The van der Waals surface area contributed by atoms with Gasteiger partial charge in [-0.05, 0) is 103 Å². The van der Waals surface area contributed by atoms with Gasteiger partial charge in [-0.15, -0.1) is 0 Å². The van der Waals surface area contributed by atoms with E-state index in [2.05, 4.69) is 235 Å². The van der Waals surface area contributed by atoms with Crippen LogP contribution in [-0.2, 0) is 21.7 Å². The summed E-state index contributed by atoms with van der Waals surface area (Å²) >= 11 is 0. The summed E-state index contributed by atoms with van der Waals surface area (Å²) in [6.45, 7) is 19.3. The van der Waals surface area contributed by atoms with Gasteiger partial charge in [0.25, 0.3) is 0 Å². The number of para-hydroxylation sites is 2. The number of fused-ring (bicyclic) bond motifs is 12.